The number of allylic oxidation sites excluding steroid dienone is 6. The molecule has 0 saturated heterocycles. The Morgan fingerprint density at radius 2 is 1.24 bits per heavy atom. The number of ketones is 3. The Kier molecular flexibility index (Phi) is 38.5. The van der Waals surface area contributed by atoms with Crippen LogP contribution in [0.5, 0.6) is 34.5 Å². The highest BCUT2D eigenvalue weighted by Crippen LogP contribution is 2.45. The third kappa shape index (κ3) is 30.4. The zero-order chi connectivity index (χ0) is 80.0. The number of benzene rings is 4. The Hall–Kier alpha value is -8.59. The van der Waals surface area contributed by atoms with Crippen LogP contribution in [-0.4, -0.2) is 208 Å². The van der Waals surface area contributed by atoms with Gasteiger partial charge in [-0.3, -0.25) is 33.8 Å². The fraction of sp³-hybridized carbons (Fsp3) is 0.557. The van der Waals surface area contributed by atoms with E-state index in [1.165, 1.54) is 47.8 Å². The van der Waals surface area contributed by atoms with Crippen molar-refractivity contribution in [2.45, 2.75) is 162 Å². The van der Waals surface area contributed by atoms with Gasteiger partial charge in [-0.25, -0.2) is 0 Å². The molecule has 4 aromatic rings. The van der Waals surface area contributed by atoms with E-state index in [1.807, 2.05) is 45.3 Å². The molecular weight excluding hydrogens is 1430 g/mol. The number of aryl methyl sites for hydroxylation is 2. The molecule has 2 aliphatic carbocycles. The summed E-state index contributed by atoms with van der Waals surface area (Å²) in [6.45, 7) is 19.0. The van der Waals surface area contributed by atoms with Crippen LogP contribution >= 0.6 is 0 Å². The summed E-state index contributed by atoms with van der Waals surface area (Å²) in [7, 11) is 3.15. The van der Waals surface area contributed by atoms with Gasteiger partial charge in [0.2, 0.25) is 11.8 Å². The van der Waals surface area contributed by atoms with E-state index in [2.05, 4.69) is 60.9 Å². The van der Waals surface area contributed by atoms with Crippen LogP contribution in [0.4, 0.5) is 5.69 Å². The number of rotatable bonds is 50. The second-order valence-electron chi connectivity index (χ2n) is 29.4. The topological polar surface area (TPSA) is 293 Å². The number of hydrogen-bond donors (Lipinski definition) is 4. The van der Waals surface area contributed by atoms with Crippen molar-refractivity contribution in [1.29, 1.82) is 0 Å². The summed E-state index contributed by atoms with van der Waals surface area (Å²) >= 11 is 0. The minimum Gasteiger partial charge on any atom is -0.508 e. The first-order chi connectivity index (χ1) is 54.3. The molecule has 24 nitrogen and oxygen atoms in total. The Morgan fingerprint density at radius 3 is 1.85 bits per heavy atom. The Bertz CT molecular complexity index is 3840. The van der Waals surface area contributed by atoms with E-state index in [-0.39, 0.29) is 96.2 Å². The van der Waals surface area contributed by atoms with E-state index >= 15 is 0 Å². The highest BCUT2D eigenvalue weighted by Gasteiger charge is 2.38. The molecule has 112 heavy (non-hydrogen) atoms. The van der Waals surface area contributed by atoms with Crippen LogP contribution in [0.3, 0.4) is 0 Å². The molecule has 4 N–H and O–H groups in total. The average molecular weight is 1550 g/mol. The van der Waals surface area contributed by atoms with Gasteiger partial charge in [0.05, 0.1) is 156 Å². The van der Waals surface area contributed by atoms with Crippen molar-refractivity contribution in [2.75, 3.05) is 140 Å². The monoisotopic (exact) mass is 1550 g/mol. The maximum absolute atomic E-state index is 14.2. The number of carbonyl (C=O) groups is 6. The molecule has 24 heteroatoms. The summed E-state index contributed by atoms with van der Waals surface area (Å²) in [6, 6.07) is 19.3. The summed E-state index contributed by atoms with van der Waals surface area (Å²) in [5, 5.41) is 25.1. The first-order valence-corrected chi connectivity index (χ1v) is 40.0. The molecule has 1 saturated carbocycles. The molecule has 0 bridgehead atoms. The van der Waals surface area contributed by atoms with E-state index in [0.717, 1.165) is 42.4 Å². The number of hydrogen-bond acceptors (Lipinski definition) is 21. The van der Waals surface area contributed by atoms with Crippen LogP contribution in [0.25, 0.3) is 5.57 Å². The summed E-state index contributed by atoms with van der Waals surface area (Å²) in [5.74, 6) is 2.00. The van der Waals surface area contributed by atoms with E-state index in [1.54, 1.807) is 44.3 Å². The number of ether oxygens (including phenoxy) is 12. The van der Waals surface area contributed by atoms with Crippen molar-refractivity contribution in [3.63, 3.8) is 0 Å². The quantitative estimate of drug-likeness (QED) is 0.0138. The number of aromatic hydroxyl groups is 2. The average Bonchev–Trinajstić information content (AvgIpc) is 1.62. The number of nitrogens with one attached hydrogen (secondary N) is 2. The van der Waals surface area contributed by atoms with Gasteiger partial charge < -0.3 is 82.6 Å². The lowest BCUT2D eigenvalue weighted by Gasteiger charge is -2.21. The largest absolute Gasteiger partial charge is 0.508 e. The first kappa shape index (κ1) is 89.0. The van der Waals surface area contributed by atoms with Gasteiger partial charge in [0.1, 0.15) is 11.5 Å². The molecule has 0 aromatic heterocycles. The van der Waals surface area contributed by atoms with Gasteiger partial charge in [-0.15, -0.1) is 0 Å². The minimum atomic E-state index is -0.718. The maximum Gasteiger partial charge on any atom is 0.260 e. The summed E-state index contributed by atoms with van der Waals surface area (Å²) in [6.07, 6.45) is 19.7. The molecule has 4 atom stereocenters. The van der Waals surface area contributed by atoms with Crippen LogP contribution < -0.4 is 29.6 Å². The van der Waals surface area contributed by atoms with Crippen molar-refractivity contribution in [2.24, 2.45) is 22.7 Å². The van der Waals surface area contributed by atoms with E-state index in [9.17, 15) is 39.0 Å². The normalized spacial score (nSPS) is 16.6. The van der Waals surface area contributed by atoms with Gasteiger partial charge in [0, 0.05) is 69.1 Å². The van der Waals surface area contributed by atoms with E-state index in [0.29, 0.717) is 221 Å². The third-order valence-electron chi connectivity index (χ3n) is 20.1. The number of amides is 3. The maximum atomic E-state index is 14.2. The lowest BCUT2D eigenvalue weighted by atomic mass is 9.88. The fourth-order valence-electron chi connectivity index (χ4n) is 13.4. The van der Waals surface area contributed by atoms with Crippen molar-refractivity contribution >= 4 is 52.5 Å². The second-order valence-corrected chi connectivity index (χ2v) is 29.4. The Balaban J connectivity index is 0.639. The molecule has 4 unspecified atom stereocenters. The second kappa shape index (κ2) is 48.5. The number of fused-ring (bicyclic) bond motifs is 3. The Morgan fingerprint density at radius 1 is 0.643 bits per heavy atom. The van der Waals surface area contributed by atoms with Gasteiger partial charge in [0.25, 0.3) is 5.91 Å². The molecule has 4 aromatic carbocycles. The lowest BCUT2D eigenvalue weighted by Crippen LogP contribution is -2.44. The van der Waals surface area contributed by atoms with Crippen LogP contribution in [0.15, 0.2) is 113 Å². The lowest BCUT2D eigenvalue weighted by molar-refractivity contribution is -0.129. The van der Waals surface area contributed by atoms with Gasteiger partial charge >= 0.3 is 0 Å². The number of nitrogens with zero attached hydrogens (tertiary/aromatic N) is 2. The molecule has 2 heterocycles. The molecule has 3 amide bonds. The third-order valence-corrected chi connectivity index (χ3v) is 20.1. The molecule has 8 rings (SSSR count). The summed E-state index contributed by atoms with van der Waals surface area (Å²) in [5.41, 5.74) is 9.62. The highest BCUT2D eigenvalue weighted by atomic mass is 16.6. The predicted molar refractivity (Wildman–Crippen MR) is 429 cm³/mol. The van der Waals surface area contributed by atoms with Crippen molar-refractivity contribution < 1.29 is 95.8 Å². The SMILES string of the molecule is COc1cc2c(cc1OCCCOc1cc3c(cc1OC)C(=O)N1C=C(C4CC4)CC1C=N3)CCC(C)=CCCC(c1ccc(C(C)CC(=O)/C(C)=C\CC(=O)C(NC(=O)CCOCCOCCOCCOCCOCCOCCOCCOCCNC(=O)CCCc3cc(O)ccc3O)C(C)C)cc1)=CC(C)CCC2=O. The van der Waals surface area contributed by atoms with Crippen molar-refractivity contribution in [1.82, 2.24) is 15.5 Å². The van der Waals surface area contributed by atoms with Gasteiger partial charge in [-0.2, -0.15) is 0 Å². The van der Waals surface area contributed by atoms with Gasteiger partial charge in [-0.05, 0) is 177 Å². The number of aliphatic imine (C=N–C) groups is 1. The molecular formula is C88H120N4O20. The number of Topliss-reactive ketones (excluding diaryl/α,β-unsaturated/α-hetero) is 3. The molecule has 1 fully saturated rings. The van der Waals surface area contributed by atoms with Gasteiger partial charge in [0.15, 0.2) is 40.3 Å². The van der Waals surface area contributed by atoms with Crippen LogP contribution in [0.1, 0.15) is 180 Å². The molecule has 2 aliphatic heterocycles. The standard InChI is InChI=1S/C88H120N4O20/c1-60(2)87(91-86(99)30-34-103-36-38-105-40-42-107-44-46-109-48-49-110-47-45-108-43-41-106-39-37-104-35-31-89-85(98)15-10-14-70-53-73(93)26-29-77(70)94)79(96)28-18-63(5)80(97)51-64(6)65-20-22-66(23-21-65)68-13-9-12-61(3)16-19-69-54-83(81(101-7)55-74(69)78(95)27-17-62(4)50-68)111-32-11-33-112-84-57-76-75(56-82(84)102-8)88(100)92-59-71(67-24-25-67)52-72(92)58-90-76/h12,18,20-23,26,29,50,53-60,62,64,67,72,87,93-94H,9-11,13-17,19,24-25,27-28,30-49,51-52H2,1-8H3,(H,89,98)(H,91,99)/b61-12?,63-18-,68-50?. The van der Waals surface area contributed by atoms with Crippen LogP contribution in [-0.2, 0) is 69.9 Å². The first-order valence-electron chi connectivity index (χ1n) is 40.0. The smallest absolute Gasteiger partial charge is 0.260 e. The Labute approximate surface area is 661 Å². The van der Waals surface area contributed by atoms with Crippen molar-refractivity contribution in [3.05, 3.63) is 141 Å². The number of phenols is 2. The van der Waals surface area contributed by atoms with Gasteiger partial charge in [-0.1, -0.05) is 75.8 Å². The molecule has 0 spiro atoms. The highest BCUT2D eigenvalue weighted by molar-refractivity contribution is 6.04. The van der Waals surface area contributed by atoms with E-state index < -0.39 is 6.04 Å². The van der Waals surface area contributed by atoms with Crippen molar-refractivity contribution in [3.8, 4) is 34.5 Å². The number of methoxy groups -OCH3 is 2. The zero-order valence-corrected chi connectivity index (χ0v) is 67.1. The number of carbonyl (C=O) groups excluding carboxylic acids is 6. The summed E-state index contributed by atoms with van der Waals surface area (Å²) in [4.78, 5) is 86.5. The zero-order valence-electron chi connectivity index (χ0n) is 67.1. The van der Waals surface area contributed by atoms with Crippen LogP contribution in [0, 0.1) is 17.8 Å². The predicted octanol–water partition coefficient (Wildman–Crippen LogP) is 13.3. The van der Waals surface area contributed by atoms with E-state index in [4.69, 9.17) is 61.8 Å². The number of phenolic OH excluding ortho intramolecular Hbond substituents is 2. The van der Waals surface area contributed by atoms with Crippen LogP contribution in [0.2, 0.25) is 0 Å². The summed E-state index contributed by atoms with van der Waals surface area (Å²) < 4.78 is 68.5. The minimum absolute atomic E-state index is 0.0138. The molecule has 612 valence electrons. The molecule has 4 aliphatic rings. The molecule has 0 radical (unpaired) electrons. The fourth-order valence-corrected chi connectivity index (χ4v) is 13.4.